The van der Waals surface area contributed by atoms with Crippen molar-refractivity contribution in [3.8, 4) is 0 Å². The van der Waals surface area contributed by atoms with Gasteiger partial charge in [0, 0.05) is 38.1 Å². The lowest BCUT2D eigenvalue weighted by molar-refractivity contribution is 0.0333. The average molecular weight is 384 g/mol. The van der Waals surface area contributed by atoms with Crippen LogP contribution in [-0.4, -0.2) is 75.0 Å². The van der Waals surface area contributed by atoms with E-state index in [4.69, 9.17) is 4.74 Å². The van der Waals surface area contributed by atoms with E-state index in [9.17, 15) is 4.79 Å². The Morgan fingerprint density at radius 2 is 2.29 bits per heavy atom. The number of nitrogens with one attached hydrogen (secondary N) is 3. The largest absolute Gasteiger partial charge is 0.377 e. The van der Waals surface area contributed by atoms with Crippen molar-refractivity contribution in [2.75, 3.05) is 26.3 Å². The van der Waals surface area contributed by atoms with Gasteiger partial charge in [0.25, 0.3) is 5.91 Å². The molecule has 0 saturated carbocycles. The van der Waals surface area contributed by atoms with Crippen molar-refractivity contribution in [3.05, 3.63) is 42.0 Å². The molecule has 0 radical (unpaired) electrons. The minimum Gasteiger partial charge on any atom is -0.377 e. The fraction of sp³-hybridized carbons (Fsp3) is 0.444. The Labute approximate surface area is 162 Å². The molecule has 2 unspecified atom stereocenters. The highest BCUT2D eigenvalue weighted by molar-refractivity contribution is 6.01. The molecule has 4 rings (SSSR count). The number of H-pyrrole nitrogens is 1. The Bertz CT molecular complexity index is 885. The van der Waals surface area contributed by atoms with Gasteiger partial charge in [-0.15, -0.1) is 0 Å². The zero-order valence-electron chi connectivity index (χ0n) is 15.9. The van der Waals surface area contributed by atoms with Crippen LogP contribution in [0.3, 0.4) is 0 Å². The molecule has 2 aliphatic rings. The van der Waals surface area contributed by atoms with Crippen molar-refractivity contribution in [1.82, 2.24) is 35.6 Å². The zero-order chi connectivity index (χ0) is 19.5. The molecule has 2 atom stereocenters. The quantitative estimate of drug-likeness (QED) is 0.682. The molecule has 4 heterocycles. The van der Waals surface area contributed by atoms with Crippen LogP contribution in [0.1, 0.15) is 23.1 Å². The van der Waals surface area contributed by atoms with Gasteiger partial charge in [-0.1, -0.05) is 0 Å². The lowest BCUT2D eigenvalue weighted by Gasteiger charge is -2.37. The summed E-state index contributed by atoms with van der Waals surface area (Å²) in [6.07, 6.45) is 5.39. The van der Waals surface area contributed by atoms with Crippen LogP contribution >= 0.6 is 0 Å². The van der Waals surface area contributed by atoms with Crippen LogP contribution in [0.25, 0.3) is 5.57 Å². The second kappa shape index (κ2) is 7.85. The number of carbonyl (C=O) groups is 1. The lowest BCUT2D eigenvalue weighted by atomic mass is 10.0. The van der Waals surface area contributed by atoms with Crippen molar-refractivity contribution in [2.45, 2.75) is 19.0 Å². The normalized spacial score (nSPS) is 22.3. The lowest BCUT2D eigenvalue weighted by Crippen LogP contribution is -2.50. The SMILES string of the molecule is CC1COCCN1C1=NNC(CNC(=O)c2ccn[nH]2)C(c2ccnn2C)=C1. The molecule has 148 valence electrons. The third kappa shape index (κ3) is 3.63. The number of aryl methyl sites for hydroxylation is 1. The summed E-state index contributed by atoms with van der Waals surface area (Å²) in [4.78, 5) is 14.5. The van der Waals surface area contributed by atoms with Gasteiger partial charge in [0.1, 0.15) is 11.5 Å². The summed E-state index contributed by atoms with van der Waals surface area (Å²) in [5, 5.41) is 18.3. The molecular weight excluding hydrogens is 360 g/mol. The van der Waals surface area contributed by atoms with Gasteiger partial charge in [0.05, 0.1) is 31.0 Å². The van der Waals surface area contributed by atoms with E-state index < -0.39 is 0 Å². The summed E-state index contributed by atoms with van der Waals surface area (Å²) in [6, 6.07) is 3.66. The third-order valence-corrected chi connectivity index (χ3v) is 4.99. The number of hydrogen-bond acceptors (Lipinski definition) is 7. The summed E-state index contributed by atoms with van der Waals surface area (Å²) in [7, 11) is 1.90. The number of carbonyl (C=O) groups excluding carboxylic acids is 1. The van der Waals surface area contributed by atoms with Crippen molar-refractivity contribution in [2.24, 2.45) is 12.1 Å². The molecule has 1 fully saturated rings. The third-order valence-electron chi connectivity index (χ3n) is 4.99. The molecule has 2 aromatic heterocycles. The van der Waals surface area contributed by atoms with Crippen LogP contribution < -0.4 is 10.7 Å². The number of amidine groups is 1. The van der Waals surface area contributed by atoms with E-state index in [0.717, 1.165) is 23.6 Å². The van der Waals surface area contributed by atoms with Crippen molar-refractivity contribution < 1.29 is 9.53 Å². The molecule has 0 aromatic carbocycles. The Morgan fingerprint density at radius 1 is 1.39 bits per heavy atom. The molecule has 10 nitrogen and oxygen atoms in total. The Balaban J connectivity index is 1.55. The number of morpholine rings is 1. The zero-order valence-corrected chi connectivity index (χ0v) is 15.9. The standard InChI is InChI=1S/C18H24N8O2/c1-12-11-28-8-7-26(12)17-9-13(16-4-6-21-25(16)2)15(23-24-17)10-19-18(27)14-3-5-20-22-14/h3-6,9,12,15,23H,7-8,10-11H2,1-2H3,(H,19,27)(H,20,22). The van der Waals surface area contributed by atoms with E-state index in [0.29, 0.717) is 25.5 Å². The summed E-state index contributed by atoms with van der Waals surface area (Å²) in [5.74, 6) is 0.656. The van der Waals surface area contributed by atoms with Gasteiger partial charge in [0.2, 0.25) is 0 Å². The monoisotopic (exact) mass is 384 g/mol. The second-order valence-electron chi connectivity index (χ2n) is 6.89. The molecule has 2 aliphatic heterocycles. The number of aromatic nitrogens is 4. The predicted molar refractivity (Wildman–Crippen MR) is 103 cm³/mol. The van der Waals surface area contributed by atoms with Gasteiger partial charge in [-0.2, -0.15) is 15.3 Å². The minimum absolute atomic E-state index is 0.178. The first-order valence-corrected chi connectivity index (χ1v) is 9.28. The molecular formula is C18H24N8O2. The maximum Gasteiger partial charge on any atom is 0.269 e. The molecule has 28 heavy (non-hydrogen) atoms. The topological polar surface area (TPSA) is 112 Å². The van der Waals surface area contributed by atoms with Gasteiger partial charge >= 0.3 is 0 Å². The first-order valence-electron chi connectivity index (χ1n) is 9.28. The summed E-state index contributed by atoms with van der Waals surface area (Å²) in [6.45, 7) is 4.65. The highest BCUT2D eigenvalue weighted by atomic mass is 16.5. The molecule has 2 aromatic rings. The van der Waals surface area contributed by atoms with Crippen LogP contribution in [0.2, 0.25) is 0 Å². The number of ether oxygens (including phenoxy) is 1. The van der Waals surface area contributed by atoms with Crippen LogP contribution in [0.15, 0.2) is 35.7 Å². The van der Waals surface area contributed by atoms with Gasteiger partial charge in [-0.3, -0.25) is 20.0 Å². The number of hydrazone groups is 1. The fourth-order valence-electron chi connectivity index (χ4n) is 3.44. The number of rotatable bonds is 4. The highest BCUT2D eigenvalue weighted by Gasteiger charge is 2.28. The Morgan fingerprint density at radius 3 is 3.00 bits per heavy atom. The maximum absolute atomic E-state index is 12.3. The van der Waals surface area contributed by atoms with Gasteiger partial charge in [-0.25, -0.2) is 0 Å². The molecule has 1 amide bonds. The maximum atomic E-state index is 12.3. The molecule has 3 N–H and O–H groups in total. The van der Waals surface area contributed by atoms with Crippen LogP contribution in [0.5, 0.6) is 0 Å². The van der Waals surface area contributed by atoms with Crippen molar-refractivity contribution in [1.29, 1.82) is 0 Å². The van der Waals surface area contributed by atoms with E-state index in [1.54, 1.807) is 18.5 Å². The van der Waals surface area contributed by atoms with E-state index in [1.165, 1.54) is 0 Å². The van der Waals surface area contributed by atoms with Gasteiger partial charge < -0.3 is 15.0 Å². The van der Waals surface area contributed by atoms with Gasteiger partial charge in [0.15, 0.2) is 0 Å². The Hall–Kier alpha value is -3.14. The van der Waals surface area contributed by atoms with Crippen molar-refractivity contribution in [3.63, 3.8) is 0 Å². The van der Waals surface area contributed by atoms with Gasteiger partial charge in [-0.05, 0) is 25.1 Å². The summed E-state index contributed by atoms with van der Waals surface area (Å²) >= 11 is 0. The van der Waals surface area contributed by atoms with E-state index in [-0.39, 0.29) is 18.0 Å². The van der Waals surface area contributed by atoms with Crippen LogP contribution in [0, 0.1) is 0 Å². The van der Waals surface area contributed by atoms with E-state index >= 15 is 0 Å². The smallest absolute Gasteiger partial charge is 0.269 e. The predicted octanol–water partition coefficient (Wildman–Crippen LogP) is -0.0374. The number of hydrogen-bond donors (Lipinski definition) is 3. The van der Waals surface area contributed by atoms with Crippen LogP contribution in [0.4, 0.5) is 0 Å². The fourth-order valence-corrected chi connectivity index (χ4v) is 3.44. The molecule has 0 bridgehead atoms. The second-order valence-corrected chi connectivity index (χ2v) is 6.89. The average Bonchev–Trinajstić information content (AvgIpc) is 3.38. The molecule has 0 aliphatic carbocycles. The first kappa shape index (κ1) is 18.2. The number of aromatic amines is 1. The molecule has 0 spiro atoms. The molecule has 10 heteroatoms. The van der Waals surface area contributed by atoms with Crippen molar-refractivity contribution >= 4 is 17.3 Å². The van der Waals surface area contributed by atoms with E-state index in [2.05, 4.69) is 49.0 Å². The first-order chi connectivity index (χ1) is 13.6. The number of amides is 1. The van der Waals surface area contributed by atoms with E-state index in [1.807, 2.05) is 17.8 Å². The molecule has 1 saturated heterocycles. The minimum atomic E-state index is -0.208. The Kier molecular flexibility index (Phi) is 5.11. The summed E-state index contributed by atoms with van der Waals surface area (Å²) < 4.78 is 7.36. The summed E-state index contributed by atoms with van der Waals surface area (Å²) in [5.41, 5.74) is 5.63. The number of nitrogens with zero attached hydrogens (tertiary/aromatic N) is 5. The highest BCUT2D eigenvalue weighted by Crippen LogP contribution is 2.22. The van der Waals surface area contributed by atoms with Crippen LogP contribution in [-0.2, 0) is 11.8 Å².